The SMILES string of the molecule is Nc1cccc(NCc2ccccn2)n1. The van der Waals surface area contributed by atoms with Gasteiger partial charge >= 0.3 is 0 Å². The smallest absolute Gasteiger partial charge is 0.128 e. The van der Waals surface area contributed by atoms with E-state index in [0.29, 0.717) is 12.4 Å². The largest absolute Gasteiger partial charge is 0.384 e. The molecule has 0 radical (unpaired) electrons. The molecule has 0 spiro atoms. The Bertz CT molecular complexity index is 428. The van der Waals surface area contributed by atoms with Gasteiger partial charge < -0.3 is 11.1 Å². The topological polar surface area (TPSA) is 63.8 Å². The van der Waals surface area contributed by atoms with Gasteiger partial charge in [0.25, 0.3) is 0 Å². The quantitative estimate of drug-likeness (QED) is 0.791. The minimum atomic E-state index is 0.515. The first-order valence-electron chi connectivity index (χ1n) is 4.71. The van der Waals surface area contributed by atoms with Crippen LogP contribution in [0.2, 0.25) is 0 Å². The molecular formula is C11H12N4. The molecular weight excluding hydrogens is 188 g/mol. The lowest BCUT2D eigenvalue weighted by atomic mass is 10.3. The van der Waals surface area contributed by atoms with Gasteiger partial charge in [0.1, 0.15) is 11.6 Å². The van der Waals surface area contributed by atoms with Crippen molar-refractivity contribution in [3.8, 4) is 0 Å². The van der Waals surface area contributed by atoms with Gasteiger partial charge in [0.2, 0.25) is 0 Å². The Balaban J connectivity index is 1.99. The molecule has 0 bridgehead atoms. The lowest BCUT2D eigenvalue weighted by Crippen LogP contribution is -2.03. The van der Waals surface area contributed by atoms with Crippen LogP contribution in [0.15, 0.2) is 42.6 Å². The van der Waals surface area contributed by atoms with Crippen molar-refractivity contribution < 1.29 is 0 Å². The molecule has 2 aromatic heterocycles. The minimum Gasteiger partial charge on any atom is -0.384 e. The maximum atomic E-state index is 5.56. The molecule has 0 saturated carbocycles. The first-order chi connectivity index (χ1) is 7.34. The van der Waals surface area contributed by atoms with Gasteiger partial charge in [-0.1, -0.05) is 12.1 Å². The second-order valence-corrected chi connectivity index (χ2v) is 3.12. The van der Waals surface area contributed by atoms with Crippen molar-refractivity contribution >= 4 is 11.6 Å². The van der Waals surface area contributed by atoms with Crippen LogP contribution in [-0.2, 0) is 6.54 Å². The fourth-order valence-electron chi connectivity index (χ4n) is 1.23. The van der Waals surface area contributed by atoms with E-state index < -0.39 is 0 Å². The van der Waals surface area contributed by atoms with Crippen LogP contribution < -0.4 is 11.1 Å². The molecule has 0 amide bonds. The number of hydrogen-bond donors (Lipinski definition) is 2. The lowest BCUT2D eigenvalue weighted by molar-refractivity contribution is 1.03. The molecule has 4 nitrogen and oxygen atoms in total. The average Bonchev–Trinajstić information content (AvgIpc) is 2.28. The first kappa shape index (κ1) is 9.45. The highest BCUT2D eigenvalue weighted by molar-refractivity contribution is 5.42. The van der Waals surface area contributed by atoms with Gasteiger partial charge in [0.05, 0.1) is 12.2 Å². The molecule has 2 rings (SSSR count). The molecule has 3 N–H and O–H groups in total. The number of nitrogen functional groups attached to an aromatic ring is 1. The van der Waals surface area contributed by atoms with E-state index in [4.69, 9.17) is 5.73 Å². The highest BCUT2D eigenvalue weighted by atomic mass is 15.0. The number of aromatic nitrogens is 2. The van der Waals surface area contributed by atoms with E-state index in [1.807, 2.05) is 30.3 Å². The van der Waals surface area contributed by atoms with Crippen molar-refractivity contribution in [2.45, 2.75) is 6.54 Å². The maximum absolute atomic E-state index is 5.56. The summed E-state index contributed by atoms with van der Waals surface area (Å²) < 4.78 is 0. The Labute approximate surface area is 88.2 Å². The Morgan fingerprint density at radius 3 is 2.80 bits per heavy atom. The summed E-state index contributed by atoms with van der Waals surface area (Å²) in [7, 11) is 0. The molecule has 2 aromatic rings. The summed E-state index contributed by atoms with van der Waals surface area (Å²) >= 11 is 0. The van der Waals surface area contributed by atoms with Crippen LogP contribution in [0.25, 0.3) is 0 Å². The molecule has 76 valence electrons. The van der Waals surface area contributed by atoms with Crippen molar-refractivity contribution in [2.75, 3.05) is 11.1 Å². The monoisotopic (exact) mass is 200 g/mol. The summed E-state index contributed by atoms with van der Waals surface area (Å²) in [6, 6.07) is 11.3. The van der Waals surface area contributed by atoms with Crippen LogP contribution in [0, 0.1) is 0 Å². The van der Waals surface area contributed by atoms with Crippen LogP contribution in [0.3, 0.4) is 0 Å². The number of nitrogens with zero attached hydrogens (tertiary/aromatic N) is 2. The zero-order valence-corrected chi connectivity index (χ0v) is 8.22. The van der Waals surface area contributed by atoms with Gasteiger partial charge in [0.15, 0.2) is 0 Å². The highest BCUT2D eigenvalue weighted by Gasteiger charge is 1.95. The number of nitrogens with two attached hydrogens (primary N) is 1. The highest BCUT2D eigenvalue weighted by Crippen LogP contribution is 2.06. The van der Waals surface area contributed by atoms with Crippen LogP contribution in [-0.4, -0.2) is 9.97 Å². The Morgan fingerprint density at radius 1 is 1.13 bits per heavy atom. The summed E-state index contributed by atoms with van der Waals surface area (Å²) in [5.41, 5.74) is 6.53. The van der Waals surface area contributed by atoms with Crippen molar-refractivity contribution in [1.82, 2.24) is 9.97 Å². The van der Waals surface area contributed by atoms with Crippen LogP contribution in [0.5, 0.6) is 0 Å². The zero-order chi connectivity index (χ0) is 10.5. The average molecular weight is 200 g/mol. The van der Waals surface area contributed by atoms with Gasteiger partial charge in [-0.2, -0.15) is 0 Å². The normalized spacial score (nSPS) is 9.87. The fourth-order valence-corrected chi connectivity index (χ4v) is 1.23. The van der Waals surface area contributed by atoms with Gasteiger partial charge in [-0.25, -0.2) is 4.98 Å². The van der Waals surface area contributed by atoms with E-state index in [1.165, 1.54) is 0 Å². The van der Waals surface area contributed by atoms with Crippen LogP contribution in [0.1, 0.15) is 5.69 Å². The molecule has 0 saturated heterocycles. The molecule has 0 aromatic carbocycles. The third-order valence-corrected chi connectivity index (χ3v) is 1.95. The predicted molar refractivity (Wildman–Crippen MR) is 60.2 cm³/mol. The molecule has 0 aliphatic rings. The standard InChI is InChI=1S/C11H12N4/c12-10-5-3-6-11(15-10)14-8-9-4-1-2-7-13-9/h1-7H,8H2,(H3,12,14,15). The number of rotatable bonds is 3. The lowest BCUT2D eigenvalue weighted by Gasteiger charge is -2.04. The Morgan fingerprint density at radius 2 is 2.07 bits per heavy atom. The molecule has 0 fully saturated rings. The minimum absolute atomic E-state index is 0.515. The maximum Gasteiger partial charge on any atom is 0.128 e. The molecule has 0 aliphatic heterocycles. The zero-order valence-electron chi connectivity index (χ0n) is 8.22. The molecule has 4 heteroatoms. The number of pyridine rings is 2. The third-order valence-electron chi connectivity index (χ3n) is 1.95. The van der Waals surface area contributed by atoms with E-state index >= 15 is 0 Å². The summed E-state index contributed by atoms with van der Waals surface area (Å²) in [6.07, 6.45) is 1.77. The summed E-state index contributed by atoms with van der Waals surface area (Å²) in [6.45, 7) is 0.650. The molecule has 2 heterocycles. The van der Waals surface area contributed by atoms with E-state index in [0.717, 1.165) is 11.5 Å². The predicted octanol–water partition coefficient (Wildman–Crippen LogP) is 1.67. The summed E-state index contributed by atoms with van der Waals surface area (Å²) in [4.78, 5) is 8.32. The summed E-state index contributed by atoms with van der Waals surface area (Å²) in [5, 5.41) is 3.15. The van der Waals surface area contributed by atoms with Gasteiger partial charge in [0, 0.05) is 6.20 Å². The van der Waals surface area contributed by atoms with Crippen molar-refractivity contribution in [2.24, 2.45) is 0 Å². The van der Waals surface area contributed by atoms with Crippen molar-refractivity contribution in [3.05, 3.63) is 48.3 Å². The number of hydrogen-bond acceptors (Lipinski definition) is 4. The second kappa shape index (κ2) is 4.41. The Kier molecular flexibility index (Phi) is 2.78. The van der Waals surface area contributed by atoms with Crippen molar-refractivity contribution in [3.63, 3.8) is 0 Å². The number of nitrogens with one attached hydrogen (secondary N) is 1. The number of anilines is 2. The fraction of sp³-hybridized carbons (Fsp3) is 0.0909. The second-order valence-electron chi connectivity index (χ2n) is 3.12. The van der Waals surface area contributed by atoms with Crippen molar-refractivity contribution in [1.29, 1.82) is 0 Å². The molecule has 0 atom stereocenters. The van der Waals surface area contributed by atoms with Gasteiger partial charge in [-0.3, -0.25) is 4.98 Å². The van der Waals surface area contributed by atoms with E-state index in [9.17, 15) is 0 Å². The summed E-state index contributed by atoms with van der Waals surface area (Å²) in [5.74, 6) is 1.28. The third kappa shape index (κ3) is 2.67. The van der Waals surface area contributed by atoms with E-state index in [2.05, 4.69) is 15.3 Å². The first-order valence-corrected chi connectivity index (χ1v) is 4.71. The van der Waals surface area contributed by atoms with Crippen LogP contribution >= 0.6 is 0 Å². The molecule has 15 heavy (non-hydrogen) atoms. The van der Waals surface area contributed by atoms with E-state index in [1.54, 1.807) is 12.3 Å². The Hall–Kier alpha value is -2.10. The van der Waals surface area contributed by atoms with E-state index in [-0.39, 0.29) is 0 Å². The molecule has 0 unspecified atom stereocenters. The van der Waals surface area contributed by atoms with Gasteiger partial charge in [-0.05, 0) is 24.3 Å². The van der Waals surface area contributed by atoms with Crippen LogP contribution in [0.4, 0.5) is 11.6 Å². The molecule has 0 aliphatic carbocycles. The van der Waals surface area contributed by atoms with Gasteiger partial charge in [-0.15, -0.1) is 0 Å².